The first kappa shape index (κ1) is 6.66. The van der Waals surface area contributed by atoms with Crippen molar-refractivity contribution in [2.75, 3.05) is 5.75 Å². The van der Waals surface area contributed by atoms with Crippen molar-refractivity contribution in [1.29, 1.82) is 0 Å². The summed E-state index contributed by atoms with van der Waals surface area (Å²) in [6, 6.07) is 0. The quantitative estimate of drug-likeness (QED) is 0.184. The van der Waals surface area contributed by atoms with Crippen LogP contribution in [-0.4, -0.2) is 5.75 Å². The smallest absolute Gasteiger partial charge is 0.0108 e. The van der Waals surface area contributed by atoms with Crippen LogP contribution in [-0.2, 0) is 0 Å². The monoisotopic (exact) mass is 117 g/mol. The van der Waals surface area contributed by atoms with Crippen LogP contribution in [0.4, 0.5) is 0 Å². The van der Waals surface area contributed by atoms with Crippen LogP contribution in [0.5, 0.6) is 0 Å². The van der Waals surface area contributed by atoms with Gasteiger partial charge in [0.2, 0.25) is 0 Å². The zero-order chi connectivity index (χ0) is 5.54. The van der Waals surface area contributed by atoms with Crippen LogP contribution in [0.25, 0.3) is 10.4 Å². The highest BCUT2D eigenvalue weighted by atomic mass is 32.2. The molecule has 0 heterocycles. The van der Waals surface area contributed by atoms with E-state index in [1.807, 2.05) is 6.92 Å². The minimum absolute atomic E-state index is 0.921. The van der Waals surface area contributed by atoms with Gasteiger partial charge in [-0.1, -0.05) is 18.9 Å². The fourth-order valence-corrected chi connectivity index (χ4v) is 0.474. The normalized spacial score (nSPS) is 7.57. The summed E-state index contributed by atoms with van der Waals surface area (Å²) < 4.78 is 3.26. The lowest BCUT2D eigenvalue weighted by Gasteiger charge is -1.80. The molecular weight excluding hydrogens is 110 g/mol. The van der Waals surface area contributed by atoms with Gasteiger partial charge in [0.05, 0.1) is 0 Å². The molecule has 0 rings (SSSR count). The maximum Gasteiger partial charge on any atom is 0.0108 e. The molecule has 0 bridgehead atoms. The topological polar surface area (TPSA) is 48.8 Å². The number of nitrogens with zero attached hydrogens (tertiary/aromatic N) is 3. The SMILES string of the molecule is CCCSN=[N+]=[N-]. The predicted octanol–water partition coefficient (Wildman–Crippen LogP) is 2.35. The molecule has 0 radical (unpaired) electrons. The lowest BCUT2D eigenvalue weighted by Crippen LogP contribution is -1.64. The first-order chi connectivity index (χ1) is 3.41. The van der Waals surface area contributed by atoms with Gasteiger partial charge in [0.1, 0.15) is 0 Å². The average molecular weight is 117 g/mol. The molecular formula is C3H7N3S. The Morgan fingerprint density at radius 2 is 2.57 bits per heavy atom. The standard InChI is InChI=1S/C3H7N3S/c1-2-3-7-6-5-4/h2-3H2,1H3. The maximum absolute atomic E-state index is 7.73. The van der Waals surface area contributed by atoms with Crippen molar-refractivity contribution in [2.24, 2.45) is 4.52 Å². The summed E-state index contributed by atoms with van der Waals surface area (Å²) in [6.07, 6.45) is 1.06. The molecule has 0 aromatic heterocycles. The van der Waals surface area contributed by atoms with Crippen LogP contribution in [0.3, 0.4) is 0 Å². The fourth-order valence-electron chi connectivity index (χ4n) is 0.158. The summed E-state index contributed by atoms with van der Waals surface area (Å²) in [7, 11) is 0. The number of rotatable bonds is 3. The molecule has 3 nitrogen and oxygen atoms in total. The van der Waals surface area contributed by atoms with E-state index < -0.39 is 0 Å². The van der Waals surface area contributed by atoms with E-state index in [-0.39, 0.29) is 0 Å². The van der Waals surface area contributed by atoms with Gasteiger partial charge in [-0.05, 0) is 16.5 Å². The number of hydrogen-bond acceptors (Lipinski definition) is 2. The molecule has 0 saturated carbocycles. The molecule has 0 aliphatic carbocycles. The molecule has 0 unspecified atom stereocenters. The summed E-state index contributed by atoms with van der Waals surface area (Å²) >= 11 is 1.26. The van der Waals surface area contributed by atoms with E-state index in [0.717, 1.165) is 12.2 Å². The van der Waals surface area contributed by atoms with Crippen molar-refractivity contribution >= 4 is 11.9 Å². The molecule has 0 fully saturated rings. The second kappa shape index (κ2) is 5.66. The van der Waals surface area contributed by atoms with Crippen LogP contribution < -0.4 is 0 Å². The van der Waals surface area contributed by atoms with Gasteiger partial charge in [0, 0.05) is 10.7 Å². The number of hydrogen-bond donors (Lipinski definition) is 0. The molecule has 0 spiro atoms. The average Bonchev–Trinajstić information content (AvgIpc) is 1.69. The minimum Gasteiger partial charge on any atom is -0.0667 e. The third-order valence-electron chi connectivity index (χ3n) is 0.390. The van der Waals surface area contributed by atoms with E-state index in [1.54, 1.807) is 0 Å². The van der Waals surface area contributed by atoms with Crippen molar-refractivity contribution < 1.29 is 0 Å². The van der Waals surface area contributed by atoms with Gasteiger partial charge in [-0.2, -0.15) is 0 Å². The van der Waals surface area contributed by atoms with Crippen molar-refractivity contribution in [3.8, 4) is 0 Å². The highest BCUT2D eigenvalue weighted by molar-refractivity contribution is 7.97. The van der Waals surface area contributed by atoms with E-state index >= 15 is 0 Å². The van der Waals surface area contributed by atoms with Gasteiger partial charge >= 0.3 is 0 Å². The summed E-state index contributed by atoms with van der Waals surface area (Å²) in [5.74, 6) is 0.921. The Morgan fingerprint density at radius 1 is 1.86 bits per heavy atom. The molecule has 0 amide bonds. The third-order valence-corrected chi connectivity index (χ3v) is 1.17. The fraction of sp³-hybridized carbons (Fsp3) is 1.00. The Labute approximate surface area is 46.9 Å². The summed E-state index contributed by atoms with van der Waals surface area (Å²) in [5, 5.41) is 0. The Hall–Kier alpha value is -0.340. The molecule has 0 N–H and O–H groups in total. The Balaban J connectivity index is 2.83. The van der Waals surface area contributed by atoms with Gasteiger partial charge in [-0.3, -0.25) is 0 Å². The van der Waals surface area contributed by atoms with Crippen molar-refractivity contribution in [3.63, 3.8) is 0 Å². The molecule has 40 valence electrons. The molecule has 0 aromatic rings. The van der Waals surface area contributed by atoms with E-state index in [2.05, 4.69) is 9.43 Å². The van der Waals surface area contributed by atoms with Crippen molar-refractivity contribution in [2.45, 2.75) is 13.3 Å². The van der Waals surface area contributed by atoms with Gasteiger partial charge in [-0.25, -0.2) is 0 Å². The van der Waals surface area contributed by atoms with E-state index in [9.17, 15) is 0 Å². The zero-order valence-electron chi connectivity index (χ0n) is 4.16. The summed E-state index contributed by atoms with van der Waals surface area (Å²) in [6.45, 7) is 2.04. The second-order valence-corrected chi connectivity index (χ2v) is 1.83. The first-order valence-electron chi connectivity index (χ1n) is 2.08. The molecule has 7 heavy (non-hydrogen) atoms. The predicted molar refractivity (Wildman–Crippen MR) is 31.9 cm³/mol. The van der Waals surface area contributed by atoms with E-state index in [0.29, 0.717) is 0 Å². The van der Waals surface area contributed by atoms with Gasteiger partial charge in [-0.15, -0.1) is 0 Å². The molecule has 0 aromatic carbocycles. The van der Waals surface area contributed by atoms with Crippen LogP contribution in [0.1, 0.15) is 13.3 Å². The van der Waals surface area contributed by atoms with Crippen LogP contribution >= 0.6 is 11.9 Å². The van der Waals surface area contributed by atoms with Crippen molar-refractivity contribution in [3.05, 3.63) is 10.4 Å². The Bertz CT molecular complexity index is 76.2. The molecule has 4 heteroatoms. The third kappa shape index (κ3) is 5.66. The summed E-state index contributed by atoms with van der Waals surface area (Å²) in [4.78, 5) is 2.56. The van der Waals surface area contributed by atoms with Crippen LogP contribution in [0.2, 0.25) is 0 Å². The van der Waals surface area contributed by atoms with Gasteiger partial charge < -0.3 is 0 Å². The lowest BCUT2D eigenvalue weighted by atomic mass is 10.6. The van der Waals surface area contributed by atoms with Crippen molar-refractivity contribution in [1.82, 2.24) is 0 Å². The molecule has 0 aliphatic rings. The van der Waals surface area contributed by atoms with Crippen LogP contribution in [0.15, 0.2) is 4.52 Å². The minimum atomic E-state index is 0.921. The summed E-state index contributed by atoms with van der Waals surface area (Å²) in [5.41, 5.74) is 7.73. The first-order valence-corrected chi connectivity index (χ1v) is 3.02. The highest BCUT2D eigenvalue weighted by Crippen LogP contribution is 2.01. The van der Waals surface area contributed by atoms with E-state index in [1.165, 1.54) is 11.9 Å². The van der Waals surface area contributed by atoms with Gasteiger partial charge in [0.25, 0.3) is 0 Å². The molecule has 0 saturated heterocycles. The molecule has 0 aliphatic heterocycles. The largest absolute Gasteiger partial charge is 0.0667 e. The lowest BCUT2D eigenvalue weighted by molar-refractivity contribution is 1.11. The highest BCUT2D eigenvalue weighted by Gasteiger charge is 1.74. The Kier molecular flexibility index (Phi) is 5.39. The number of azide groups is 1. The maximum atomic E-state index is 7.73. The second-order valence-electron chi connectivity index (χ2n) is 1.00. The molecule has 0 atom stereocenters. The van der Waals surface area contributed by atoms with Crippen LogP contribution in [0, 0.1) is 0 Å². The van der Waals surface area contributed by atoms with E-state index in [4.69, 9.17) is 5.53 Å². The Morgan fingerprint density at radius 3 is 3.00 bits per heavy atom. The van der Waals surface area contributed by atoms with Gasteiger partial charge in [0.15, 0.2) is 0 Å². The zero-order valence-corrected chi connectivity index (χ0v) is 4.98.